The lowest BCUT2D eigenvalue weighted by Crippen LogP contribution is -2.41. The molecular weight excluding hydrogens is 483 g/mol. The molecule has 1 amide bonds. The highest BCUT2D eigenvalue weighted by atomic mass is 127. The first-order valence-corrected chi connectivity index (χ1v) is 9.84. The van der Waals surface area contributed by atoms with Crippen molar-refractivity contribution in [2.24, 2.45) is 4.99 Å². The van der Waals surface area contributed by atoms with E-state index >= 15 is 0 Å². The van der Waals surface area contributed by atoms with Crippen molar-refractivity contribution < 1.29 is 4.79 Å². The molecular formula is C16H25IN6OS2. The van der Waals surface area contributed by atoms with Crippen LogP contribution in [-0.4, -0.2) is 42.0 Å². The number of carbonyl (C=O) groups is 1. The lowest BCUT2D eigenvalue weighted by Gasteiger charge is -2.11. The number of aryl methyl sites for hydroxylation is 1. The van der Waals surface area contributed by atoms with E-state index in [0.717, 1.165) is 16.4 Å². The number of rotatable bonds is 7. The molecule has 0 aromatic carbocycles. The van der Waals surface area contributed by atoms with Crippen molar-refractivity contribution in [1.29, 1.82) is 0 Å². The number of halogens is 1. The zero-order chi connectivity index (χ0) is 18.2. The van der Waals surface area contributed by atoms with Crippen LogP contribution in [0.1, 0.15) is 45.8 Å². The Bertz CT molecular complexity index is 728. The third-order valence-electron chi connectivity index (χ3n) is 3.45. The van der Waals surface area contributed by atoms with E-state index < -0.39 is 0 Å². The Labute approximate surface area is 179 Å². The lowest BCUT2D eigenvalue weighted by atomic mass is 10.2. The Morgan fingerprint density at radius 3 is 2.54 bits per heavy atom. The maximum absolute atomic E-state index is 12.0. The van der Waals surface area contributed by atoms with Crippen molar-refractivity contribution in [1.82, 2.24) is 25.9 Å². The van der Waals surface area contributed by atoms with Gasteiger partial charge in [0.2, 0.25) is 0 Å². The number of nitrogens with zero attached hydrogens (tertiary/aromatic N) is 3. The minimum absolute atomic E-state index is 0. The molecule has 0 atom stereocenters. The monoisotopic (exact) mass is 508 g/mol. The van der Waals surface area contributed by atoms with Crippen LogP contribution in [0.5, 0.6) is 0 Å². The highest BCUT2D eigenvalue weighted by molar-refractivity contribution is 14.0. The highest BCUT2D eigenvalue weighted by Crippen LogP contribution is 2.17. The first-order chi connectivity index (χ1) is 12.0. The average Bonchev–Trinajstić information content (AvgIpc) is 3.23. The molecule has 26 heavy (non-hydrogen) atoms. The summed E-state index contributed by atoms with van der Waals surface area (Å²) in [4.78, 5) is 25.5. The van der Waals surface area contributed by atoms with E-state index in [1.165, 1.54) is 11.3 Å². The second-order valence-electron chi connectivity index (χ2n) is 5.70. The van der Waals surface area contributed by atoms with Gasteiger partial charge in [-0.2, -0.15) is 0 Å². The standard InChI is InChI=1S/C16H24N6OS2.HI/c1-10(2)12-8-24-13(22-12)7-20-16(17-4)19-6-5-18-15(23)14-11(3)21-9-25-14;/h8-10H,5-7H2,1-4H3,(H,18,23)(H2,17,19,20);1H. The summed E-state index contributed by atoms with van der Waals surface area (Å²) in [5.41, 5.74) is 3.56. The quantitative estimate of drug-likeness (QED) is 0.232. The molecule has 0 bridgehead atoms. The van der Waals surface area contributed by atoms with Crippen LogP contribution in [0.3, 0.4) is 0 Å². The molecule has 2 heterocycles. The van der Waals surface area contributed by atoms with Crippen LogP contribution in [0, 0.1) is 6.92 Å². The van der Waals surface area contributed by atoms with Crippen molar-refractivity contribution in [2.45, 2.75) is 33.2 Å². The third kappa shape index (κ3) is 6.80. The Morgan fingerprint density at radius 1 is 1.23 bits per heavy atom. The summed E-state index contributed by atoms with van der Waals surface area (Å²) in [6, 6.07) is 0. The molecule has 10 heteroatoms. The first-order valence-electron chi connectivity index (χ1n) is 8.08. The number of nitrogens with one attached hydrogen (secondary N) is 3. The molecule has 2 aromatic rings. The molecule has 0 fully saturated rings. The lowest BCUT2D eigenvalue weighted by molar-refractivity contribution is 0.0957. The predicted octanol–water partition coefficient (Wildman–Crippen LogP) is 2.74. The van der Waals surface area contributed by atoms with Gasteiger partial charge in [0.05, 0.1) is 23.4 Å². The SMILES string of the molecule is CN=C(NCCNC(=O)c1scnc1C)NCc1nc(C(C)C)cs1.I. The van der Waals surface area contributed by atoms with Crippen molar-refractivity contribution in [2.75, 3.05) is 20.1 Å². The molecule has 0 aliphatic rings. The molecule has 0 spiro atoms. The normalized spacial score (nSPS) is 11.2. The van der Waals surface area contributed by atoms with Crippen molar-refractivity contribution in [3.05, 3.63) is 32.2 Å². The number of amides is 1. The predicted molar refractivity (Wildman–Crippen MR) is 119 cm³/mol. The smallest absolute Gasteiger partial charge is 0.263 e. The molecule has 2 rings (SSSR count). The summed E-state index contributed by atoms with van der Waals surface area (Å²) in [5, 5.41) is 12.4. The number of aliphatic imine (C=N–C) groups is 1. The highest BCUT2D eigenvalue weighted by Gasteiger charge is 2.10. The van der Waals surface area contributed by atoms with E-state index in [9.17, 15) is 4.79 Å². The van der Waals surface area contributed by atoms with Crippen LogP contribution in [0.4, 0.5) is 0 Å². The van der Waals surface area contributed by atoms with Crippen LogP contribution in [0.2, 0.25) is 0 Å². The second-order valence-corrected chi connectivity index (χ2v) is 7.49. The Kier molecular flexibility index (Phi) is 10.0. The van der Waals surface area contributed by atoms with Gasteiger partial charge in [-0.15, -0.1) is 46.7 Å². The Balaban J connectivity index is 0.00000338. The molecule has 0 unspecified atom stereocenters. The maximum Gasteiger partial charge on any atom is 0.263 e. The Morgan fingerprint density at radius 2 is 1.96 bits per heavy atom. The van der Waals surface area contributed by atoms with Crippen molar-refractivity contribution in [3.8, 4) is 0 Å². The molecule has 0 aliphatic heterocycles. The van der Waals surface area contributed by atoms with E-state index in [-0.39, 0.29) is 29.9 Å². The van der Waals surface area contributed by atoms with Gasteiger partial charge in [-0.05, 0) is 12.8 Å². The summed E-state index contributed by atoms with van der Waals surface area (Å²) in [6.07, 6.45) is 0. The average molecular weight is 508 g/mol. The molecule has 3 N–H and O–H groups in total. The van der Waals surface area contributed by atoms with E-state index in [4.69, 9.17) is 0 Å². The summed E-state index contributed by atoms with van der Waals surface area (Å²) in [5.74, 6) is 1.03. The molecule has 0 aliphatic carbocycles. The van der Waals surface area contributed by atoms with Gasteiger partial charge >= 0.3 is 0 Å². The minimum Gasteiger partial charge on any atom is -0.355 e. The van der Waals surface area contributed by atoms with Gasteiger partial charge in [0, 0.05) is 25.5 Å². The van der Waals surface area contributed by atoms with Crippen LogP contribution in [0.15, 0.2) is 15.9 Å². The summed E-state index contributed by atoms with van der Waals surface area (Å²) < 4.78 is 0. The van der Waals surface area contributed by atoms with Crippen LogP contribution in [-0.2, 0) is 6.54 Å². The van der Waals surface area contributed by atoms with Gasteiger partial charge in [0.1, 0.15) is 9.88 Å². The van der Waals surface area contributed by atoms with Gasteiger partial charge in [0.25, 0.3) is 5.91 Å². The van der Waals surface area contributed by atoms with Crippen LogP contribution >= 0.6 is 46.7 Å². The van der Waals surface area contributed by atoms with E-state index in [2.05, 4.69) is 50.1 Å². The fourth-order valence-corrected chi connectivity index (χ4v) is 3.62. The van der Waals surface area contributed by atoms with Crippen LogP contribution in [0.25, 0.3) is 0 Å². The van der Waals surface area contributed by atoms with E-state index in [1.807, 2.05) is 6.92 Å². The first kappa shape index (κ1) is 22.8. The van der Waals surface area contributed by atoms with E-state index in [0.29, 0.717) is 36.4 Å². The topological polar surface area (TPSA) is 91.3 Å². The molecule has 7 nitrogen and oxygen atoms in total. The number of hydrogen-bond acceptors (Lipinski definition) is 6. The van der Waals surface area contributed by atoms with Gasteiger partial charge in [-0.3, -0.25) is 9.79 Å². The van der Waals surface area contributed by atoms with Gasteiger partial charge in [-0.25, -0.2) is 9.97 Å². The second kappa shape index (κ2) is 11.4. The van der Waals surface area contributed by atoms with Gasteiger partial charge < -0.3 is 16.0 Å². The largest absolute Gasteiger partial charge is 0.355 e. The van der Waals surface area contributed by atoms with Gasteiger partial charge in [0.15, 0.2) is 5.96 Å². The maximum atomic E-state index is 12.0. The zero-order valence-electron chi connectivity index (χ0n) is 15.3. The molecule has 0 saturated heterocycles. The summed E-state index contributed by atoms with van der Waals surface area (Å²) in [7, 11) is 1.72. The third-order valence-corrected chi connectivity index (χ3v) is 5.24. The summed E-state index contributed by atoms with van der Waals surface area (Å²) in [6.45, 7) is 7.82. The number of carbonyl (C=O) groups excluding carboxylic acids is 1. The molecule has 0 radical (unpaired) electrons. The molecule has 144 valence electrons. The van der Waals surface area contributed by atoms with Crippen LogP contribution < -0.4 is 16.0 Å². The fraction of sp³-hybridized carbons (Fsp3) is 0.500. The van der Waals surface area contributed by atoms with E-state index in [1.54, 1.807) is 23.9 Å². The van der Waals surface area contributed by atoms with Crippen molar-refractivity contribution in [3.63, 3.8) is 0 Å². The number of hydrogen-bond donors (Lipinski definition) is 3. The number of guanidine groups is 1. The van der Waals surface area contributed by atoms with Gasteiger partial charge in [-0.1, -0.05) is 13.8 Å². The molecule has 0 saturated carbocycles. The molecule has 2 aromatic heterocycles. The summed E-state index contributed by atoms with van der Waals surface area (Å²) >= 11 is 2.99. The number of aromatic nitrogens is 2. The van der Waals surface area contributed by atoms with Crippen molar-refractivity contribution >= 4 is 58.5 Å². The fourth-order valence-electron chi connectivity index (χ4n) is 2.01. The minimum atomic E-state index is -0.0891. The zero-order valence-corrected chi connectivity index (χ0v) is 19.3. The number of thiazole rings is 2. The Hall–Kier alpha value is -1.27.